The van der Waals surface area contributed by atoms with E-state index in [0.717, 1.165) is 22.1 Å². The number of ether oxygens (including phenoxy) is 1. The van der Waals surface area contributed by atoms with E-state index in [1.807, 2.05) is 48.5 Å². The van der Waals surface area contributed by atoms with Crippen molar-refractivity contribution in [1.82, 2.24) is 10.2 Å². The number of rotatable bonds is 6. The minimum absolute atomic E-state index is 0.212. The predicted molar refractivity (Wildman–Crippen MR) is 109 cm³/mol. The highest BCUT2D eigenvalue weighted by molar-refractivity contribution is 7.98. The molecule has 0 aliphatic heterocycles. The van der Waals surface area contributed by atoms with Gasteiger partial charge in [0, 0.05) is 21.2 Å². The molecule has 0 radical (unpaired) electrons. The van der Waals surface area contributed by atoms with Crippen molar-refractivity contribution in [1.29, 1.82) is 0 Å². The Kier molecular flexibility index (Phi) is 5.53. The van der Waals surface area contributed by atoms with Gasteiger partial charge in [0.05, 0.1) is 0 Å². The SMILES string of the molecule is Clc1ccc(CSc2nnc(COc3cccc4ccccc34)o2)c(Cl)c1. The van der Waals surface area contributed by atoms with E-state index in [4.69, 9.17) is 32.4 Å². The highest BCUT2D eigenvalue weighted by Crippen LogP contribution is 2.29. The average molecular weight is 417 g/mol. The molecule has 4 aromatic rings. The summed E-state index contributed by atoms with van der Waals surface area (Å²) in [5, 5.41) is 12.0. The summed E-state index contributed by atoms with van der Waals surface area (Å²) in [5.74, 6) is 1.82. The van der Waals surface area contributed by atoms with Gasteiger partial charge in [-0.25, -0.2) is 0 Å². The van der Waals surface area contributed by atoms with E-state index in [-0.39, 0.29) is 6.61 Å². The maximum Gasteiger partial charge on any atom is 0.277 e. The van der Waals surface area contributed by atoms with Crippen molar-refractivity contribution >= 4 is 45.7 Å². The number of halogens is 2. The molecule has 4 rings (SSSR count). The minimum Gasteiger partial charge on any atom is -0.483 e. The van der Waals surface area contributed by atoms with Crippen LogP contribution < -0.4 is 4.74 Å². The first-order chi connectivity index (χ1) is 13.2. The molecule has 136 valence electrons. The molecule has 7 heteroatoms. The topological polar surface area (TPSA) is 48.2 Å². The quantitative estimate of drug-likeness (QED) is 0.340. The lowest BCUT2D eigenvalue weighted by molar-refractivity contribution is 0.254. The van der Waals surface area contributed by atoms with Gasteiger partial charge in [0.2, 0.25) is 0 Å². The summed E-state index contributed by atoms with van der Waals surface area (Å²) in [4.78, 5) is 0. The Morgan fingerprint density at radius 3 is 2.70 bits per heavy atom. The van der Waals surface area contributed by atoms with Crippen LogP contribution in [0.25, 0.3) is 10.8 Å². The van der Waals surface area contributed by atoms with Crippen molar-refractivity contribution in [3.8, 4) is 5.75 Å². The van der Waals surface area contributed by atoms with Crippen molar-refractivity contribution in [2.45, 2.75) is 17.6 Å². The fourth-order valence-corrected chi connectivity index (χ4v) is 3.93. The summed E-state index contributed by atoms with van der Waals surface area (Å²) >= 11 is 13.5. The summed E-state index contributed by atoms with van der Waals surface area (Å²) in [6.07, 6.45) is 0. The van der Waals surface area contributed by atoms with Gasteiger partial charge in [0.25, 0.3) is 11.1 Å². The van der Waals surface area contributed by atoms with Crippen molar-refractivity contribution in [2.24, 2.45) is 0 Å². The van der Waals surface area contributed by atoms with Crippen LogP contribution in [0.5, 0.6) is 5.75 Å². The fraction of sp³-hybridized carbons (Fsp3) is 0.100. The van der Waals surface area contributed by atoms with E-state index in [9.17, 15) is 0 Å². The third kappa shape index (κ3) is 4.38. The van der Waals surface area contributed by atoms with E-state index in [1.165, 1.54) is 11.8 Å². The van der Waals surface area contributed by atoms with Gasteiger partial charge < -0.3 is 9.15 Å². The highest BCUT2D eigenvalue weighted by atomic mass is 35.5. The van der Waals surface area contributed by atoms with E-state index in [0.29, 0.717) is 26.9 Å². The van der Waals surface area contributed by atoms with Gasteiger partial charge in [0.1, 0.15) is 5.75 Å². The molecule has 1 heterocycles. The Morgan fingerprint density at radius 2 is 1.81 bits per heavy atom. The molecule has 0 aliphatic rings. The van der Waals surface area contributed by atoms with Crippen LogP contribution in [0, 0.1) is 0 Å². The molecule has 0 aliphatic carbocycles. The zero-order valence-corrected chi connectivity index (χ0v) is 16.4. The van der Waals surface area contributed by atoms with Crippen LogP contribution in [0.1, 0.15) is 11.5 Å². The molecule has 0 saturated heterocycles. The molecule has 3 aromatic carbocycles. The van der Waals surface area contributed by atoms with Crippen LogP contribution in [0.4, 0.5) is 0 Å². The first kappa shape index (κ1) is 18.2. The van der Waals surface area contributed by atoms with Crippen LogP contribution in [0.3, 0.4) is 0 Å². The van der Waals surface area contributed by atoms with Crippen molar-refractivity contribution in [2.75, 3.05) is 0 Å². The molecule has 0 spiro atoms. The lowest BCUT2D eigenvalue weighted by Gasteiger charge is -2.07. The van der Waals surface area contributed by atoms with Crippen LogP contribution in [0.15, 0.2) is 70.3 Å². The molecular weight excluding hydrogens is 403 g/mol. The number of hydrogen-bond acceptors (Lipinski definition) is 5. The molecule has 0 N–H and O–H groups in total. The first-order valence-electron chi connectivity index (χ1n) is 8.19. The first-order valence-corrected chi connectivity index (χ1v) is 9.93. The van der Waals surface area contributed by atoms with Crippen molar-refractivity contribution in [3.63, 3.8) is 0 Å². The second kappa shape index (κ2) is 8.21. The highest BCUT2D eigenvalue weighted by Gasteiger charge is 2.10. The third-order valence-electron chi connectivity index (χ3n) is 3.92. The van der Waals surface area contributed by atoms with Gasteiger partial charge in [-0.05, 0) is 29.1 Å². The number of benzene rings is 3. The summed E-state index contributed by atoms with van der Waals surface area (Å²) in [7, 11) is 0. The molecule has 4 nitrogen and oxygen atoms in total. The number of fused-ring (bicyclic) bond motifs is 1. The summed E-state index contributed by atoms with van der Waals surface area (Å²) in [6.45, 7) is 0.212. The number of nitrogens with zero attached hydrogens (tertiary/aromatic N) is 2. The van der Waals surface area contributed by atoms with E-state index >= 15 is 0 Å². The Bertz CT molecular complexity index is 1080. The fourth-order valence-electron chi connectivity index (χ4n) is 2.59. The molecule has 0 atom stereocenters. The van der Waals surface area contributed by atoms with E-state index < -0.39 is 0 Å². The lowest BCUT2D eigenvalue weighted by Crippen LogP contribution is -1.96. The standard InChI is InChI=1S/C20H14Cl2N2O2S/c21-15-9-8-14(17(22)10-15)12-27-20-24-23-19(26-20)11-25-18-7-3-5-13-4-1-2-6-16(13)18/h1-10H,11-12H2. The Hall–Kier alpha value is -2.21. The van der Waals surface area contributed by atoms with Crippen LogP contribution >= 0.6 is 35.0 Å². The molecule has 0 fully saturated rings. The molecule has 0 saturated carbocycles. The van der Waals surface area contributed by atoms with Crippen LogP contribution in [-0.4, -0.2) is 10.2 Å². The third-order valence-corrected chi connectivity index (χ3v) is 5.37. The Labute approximate surface area is 170 Å². The maximum absolute atomic E-state index is 6.18. The Morgan fingerprint density at radius 1 is 0.963 bits per heavy atom. The average Bonchev–Trinajstić information content (AvgIpc) is 3.13. The van der Waals surface area contributed by atoms with Gasteiger partial charge in [-0.3, -0.25) is 0 Å². The zero-order valence-electron chi connectivity index (χ0n) is 14.1. The predicted octanol–water partition coefficient (Wildman–Crippen LogP) is 6.40. The minimum atomic E-state index is 0.212. The summed E-state index contributed by atoms with van der Waals surface area (Å²) in [6, 6.07) is 19.4. The number of hydrogen-bond donors (Lipinski definition) is 0. The molecule has 1 aromatic heterocycles. The monoisotopic (exact) mass is 416 g/mol. The Balaban J connectivity index is 1.39. The van der Waals surface area contributed by atoms with Gasteiger partial charge in [0.15, 0.2) is 6.61 Å². The van der Waals surface area contributed by atoms with Crippen LogP contribution in [-0.2, 0) is 12.4 Å². The van der Waals surface area contributed by atoms with Gasteiger partial charge in [-0.15, -0.1) is 10.2 Å². The number of thioether (sulfide) groups is 1. The van der Waals surface area contributed by atoms with Crippen LogP contribution in [0.2, 0.25) is 10.0 Å². The number of aromatic nitrogens is 2. The zero-order chi connectivity index (χ0) is 18.6. The maximum atomic E-state index is 6.18. The second-order valence-electron chi connectivity index (χ2n) is 5.75. The van der Waals surface area contributed by atoms with Crippen molar-refractivity contribution < 1.29 is 9.15 Å². The lowest BCUT2D eigenvalue weighted by atomic mass is 10.1. The molecule has 0 unspecified atom stereocenters. The van der Waals surface area contributed by atoms with Gasteiger partial charge in [-0.1, -0.05) is 77.4 Å². The second-order valence-corrected chi connectivity index (χ2v) is 7.52. The molecule has 0 bridgehead atoms. The smallest absolute Gasteiger partial charge is 0.277 e. The summed E-state index contributed by atoms with van der Waals surface area (Å²) in [5.41, 5.74) is 0.956. The van der Waals surface area contributed by atoms with Gasteiger partial charge >= 0.3 is 0 Å². The molecule has 0 amide bonds. The molecular formula is C20H14Cl2N2O2S. The van der Waals surface area contributed by atoms with Crippen molar-refractivity contribution in [3.05, 3.63) is 82.2 Å². The largest absolute Gasteiger partial charge is 0.483 e. The van der Waals surface area contributed by atoms with E-state index in [1.54, 1.807) is 12.1 Å². The molecule has 27 heavy (non-hydrogen) atoms. The van der Waals surface area contributed by atoms with Gasteiger partial charge in [-0.2, -0.15) is 0 Å². The normalized spacial score (nSPS) is 11.0. The summed E-state index contributed by atoms with van der Waals surface area (Å²) < 4.78 is 11.5. The van der Waals surface area contributed by atoms with E-state index in [2.05, 4.69) is 10.2 Å².